The summed E-state index contributed by atoms with van der Waals surface area (Å²) in [5, 5.41) is 2.30. The molecule has 0 saturated heterocycles. The zero-order valence-corrected chi connectivity index (χ0v) is 14.5. The standard InChI is InChI=1S/C15H12ClF3N2O4S/c16-11-2-4-12(5-3-11)21-14(22)25-7-8-26(23,24)13-6-1-10(9-20-13)15(17,18)19/h1-6,9H,7-8H2,(H,21,22). The first-order valence-electron chi connectivity index (χ1n) is 7.03. The van der Waals surface area contributed by atoms with E-state index >= 15 is 0 Å². The third-order valence-electron chi connectivity index (χ3n) is 3.06. The van der Waals surface area contributed by atoms with Gasteiger partial charge in [-0.15, -0.1) is 0 Å². The molecule has 6 nitrogen and oxygen atoms in total. The normalized spacial score (nSPS) is 11.8. The molecule has 1 amide bonds. The van der Waals surface area contributed by atoms with Crippen LogP contribution in [-0.4, -0.2) is 31.9 Å². The molecule has 2 rings (SSSR count). The molecule has 11 heteroatoms. The van der Waals surface area contributed by atoms with Crippen molar-refractivity contribution in [3.8, 4) is 0 Å². The van der Waals surface area contributed by atoms with Gasteiger partial charge in [-0.2, -0.15) is 13.2 Å². The van der Waals surface area contributed by atoms with Crippen LogP contribution < -0.4 is 5.32 Å². The van der Waals surface area contributed by atoms with Crippen molar-refractivity contribution in [2.24, 2.45) is 0 Å². The quantitative estimate of drug-likeness (QED) is 0.813. The molecule has 0 atom stereocenters. The lowest BCUT2D eigenvalue weighted by Gasteiger charge is -2.09. The van der Waals surface area contributed by atoms with Gasteiger partial charge in [-0.3, -0.25) is 5.32 Å². The van der Waals surface area contributed by atoms with Crippen LogP contribution in [0.4, 0.5) is 23.7 Å². The summed E-state index contributed by atoms with van der Waals surface area (Å²) in [6.07, 6.45) is -5.07. The number of hydrogen-bond acceptors (Lipinski definition) is 5. The Hall–Kier alpha value is -2.33. The van der Waals surface area contributed by atoms with Crippen LogP contribution in [0.25, 0.3) is 0 Å². The first kappa shape index (κ1) is 20.0. The van der Waals surface area contributed by atoms with Crippen molar-refractivity contribution in [3.63, 3.8) is 0 Å². The second-order valence-electron chi connectivity index (χ2n) is 4.97. The maximum atomic E-state index is 12.4. The number of hydrogen-bond donors (Lipinski definition) is 1. The first-order chi connectivity index (χ1) is 12.1. The minimum atomic E-state index is -4.61. The van der Waals surface area contributed by atoms with Crippen LogP contribution >= 0.6 is 11.6 Å². The number of anilines is 1. The number of aromatic nitrogens is 1. The SMILES string of the molecule is O=C(Nc1ccc(Cl)cc1)OCCS(=O)(=O)c1ccc(C(F)(F)F)cn1. The van der Waals surface area contributed by atoms with Crippen LogP contribution in [0.15, 0.2) is 47.6 Å². The third-order valence-corrected chi connectivity index (χ3v) is 4.89. The van der Waals surface area contributed by atoms with E-state index in [2.05, 4.69) is 10.3 Å². The van der Waals surface area contributed by atoms with Crippen LogP contribution in [0.1, 0.15) is 5.56 Å². The Kier molecular flexibility index (Phi) is 6.09. The number of halogens is 4. The van der Waals surface area contributed by atoms with E-state index in [0.29, 0.717) is 23.0 Å². The third kappa shape index (κ3) is 5.60. The average Bonchev–Trinajstić information content (AvgIpc) is 2.56. The summed E-state index contributed by atoms with van der Waals surface area (Å²) in [6, 6.07) is 7.49. The summed E-state index contributed by atoms with van der Waals surface area (Å²) in [4.78, 5) is 14.9. The van der Waals surface area contributed by atoms with Gasteiger partial charge in [0.15, 0.2) is 14.9 Å². The lowest BCUT2D eigenvalue weighted by atomic mass is 10.3. The van der Waals surface area contributed by atoms with Crippen LogP contribution in [0, 0.1) is 0 Å². The van der Waals surface area contributed by atoms with Crippen molar-refractivity contribution in [2.45, 2.75) is 11.2 Å². The van der Waals surface area contributed by atoms with Gasteiger partial charge >= 0.3 is 12.3 Å². The highest BCUT2D eigenvalue weighted by Crippen LogP contribution is 2.28. The highest BCUT2D eigenvalue weighted by molar-refractivity contribution is 7.91. The smallest absolute Gasteiger partial charge is 0.417 e. The van der Waals surface area contributed by atoms with Gasteiger partial charge in [0, 0.05) is 16.9 Å². The fourth-order valence-electron chi connectivity index (χ4n) is 1.77. The molecule has 0 aliphatic heterocycles. The maximum absolute atomic E-state index is 12.4. The van der Waals surface area contributed by atoms with Crippen molar-refractivity contribution >= 4 is 33.2 Å². The number of carbonyl (C=O) groups is 1. The number of ether oxygens (including phenoxy) is 1. The van der Waals surface area contributed by atoms with Crippen LogP contribution in [-0.2, 0) is 20.8 Å². The Morgan fingerprint density at radius 2 is 1.81 bits per heavy atom. The van der Waals surface area contributed by atoms with E-state index < -0.39 is 45.1 Å². The number of sulfone groups is 1. The molecule has 1 heterocycles. The molecule has 0 fully saturated rings. The topological polar surface area (TPSA) is 85.4 Å². The maximum Gasteiger partial charge on any atom is 0.417 e. The molecule has 2 aromatic rings. The van der Waals surface area contributed by atoms with Gasteiger partial charge in [0.2, 0.25) is 0 Å². The molecule has 140 valence electrons. The Morgan fingerprint density at radius 3 is 2.35 bits per heavy atom. The number of amides is 1. The molecule has 0 bridgehead atoms. The Balaban J connectivity index is 1.89. The highest BCUT2D eigenvalue weighted by Gasteiger charge is 2.31. The van der Waals surface area contributed by atoms with E-state index in [-0.39, 0.29) is 0 Å². The van der Waals surface area contributed by atoms with E-state index in [9.17, 15) is 26.4 Å². The lowest BCUT2D eigenvalue weighted by molar-refractivity contribution is -0.137. The molecule has 1 aromatic carbocycles. The molecule has 0 saturated carbocycles. The van der Waals surface area contributed by atoms with E-state index in [4.69, 9.17) is 16.3 Å². The molecule has 0 unspecified atom stereocenters. The molecular formula is C15H12ClF3N2O4S. The lowest BCUT2D eigenvalue weighted by Crippen LogP contribution is -2.20. The summed E-state index contributed by atoms with van der Waals surface area (Å²) in [5.74, 6) is -0.626. The zero-order chi connectivity index (χ0) is 19.4. The second kappa shape index (κ2) is 7.92. The molecule has 0 radical (unpaired) electrons. The summed E-state index contributed by atoms with van der Waals surface area (Å²) in [7, 11) is -4.00. The van der Waals surface area contributed by atoms with Crippen LogP contribution in [0.2, 0.25) is 5.02 Å². The Labute approximate surface area is 151 Å². The van der Waals surface area contributed by atoms with Crippen molar-refractivity contribution in [1.82, 2.24) is 4.98 Å². The van der Waals surface area contributed by atoms with E-state index in [1.54, 1.807) is 0 Å². The van der Waals surface area contributed by atoms with Gasteiger partial charge in [-0.1, -0.05) is 11.6 Å². The molecule has 1 N–H and O–H groups in total. The number of nitrogens with one attached hydrogen (secondary N) is 1. The molecule has 26 heavy (non-hydrogen) atoms. The summed E-state index contributed by atoms with van der Waals surface area (Å²) >= 11 is 5.70. The Morgan fingerprint density at radius 1 is 1.15 bits per heavy atom. The number of alkyl halides is 3. The van der Waals surface area contributed by atoms with Gasteiger partial charge in [0.25, 0.3) is 0 Å². The van der Waals surface area contributed by atoms with Gasteiger partial charge in [0.05, 0.1) is 11.3 Å². The number of carbonyl (C=O) groups excluding carboxylic acids is 1. The van der Waals surface area contributed by atoms with Gasteiger partial charge in [0.1, 0.15) is 6.61 Å². The molecular weight excluding hydrogens is 397 g/mol. The van der Waals surface area contributed by atoms with E-state index in [1.807, 2.05) is 0 Å². The van der Waals surface area contributed by atoms with Crippen molar-refractivity contribution in [3.05, 3.63) is 53.2 Å². The second-order valence-corrected chi connectivity index (χ2v) is 7.46. The van der Waals surface area contributed by atoms with Gasteiger partial charge in [-0.05, 0) is 36.4 Å². The van der Waals surface area contributed by atoms with Crippen molar-refractivity contribution in [2.75, 3.05) is 17.7 Å². The fraction of sp³-hybridized carbons (Fsp3) is 0.200. The predicted molar refractivity (Wildman–Crippen MR) is 87.7 cm³/mol. The number of nitrogens with zero attached hydrogens (tertiary/aromatic N) is 1. The molecule has 0 spiro atoms. The van der Waals surface area contributed by atoms with Gasteiger partial charge in [-0.25, -0.2) is 18.2 Å². The zero-order valence-electron chi connectivity index (χ0n) is 13.0. The summed E-state index contributed by atoms with van der Waals surface area (Å²) in [6.45, 7) is -0.496. The van der Waals surface area contributed by atoms with Gasteiger partial charge < -0.3 is 4.74 Å². The van der Waals surface area contributed by atoms with Crippen molar-refractivity contribution in [1.29, 1.82) is 0 Å². The van der Waals surface area contributed by atoms with Crippen LogP contribution in [0.3, 0.4) is 0 Å². The van der Waals surface area contributed by atoms with Crippen molar-refractivity contribution < 1.29 is 31.1 Å². The first-order valence-corrected chi connectivity index (χ1v) is 9.06. The largest absolute Gasteiger partial charge is 0.448 e. The highest BCUT2D eigenvalue weighted by atomic mass is 35.5. The Bertz CT molecular complexity index is 869. The molecule has 1 aromatic heterocycles. The van der Waals surface area contributed by atoms with Crippen LogP contribution in [0.5, 0.6) is 0 Å². The summed E-state index contributed by atoms with van der Waals surface area (Å²) < 4.78 is 66.1. The molecule has 0 aliphatic carbocycles. The number of pyridine rings is 1. The fourth-order valence-corrected chi connectivity index (χ4v) is 2.89. The average molecular weight is 409 g/mol. The van der Waals surface area contributed by atoms with E-state index in [0.717, 1.165) is 6.07 Å². The number of rotatable bonds is 5. The van der Waals surface area contributed by atoms with E-state index in [1.165, 1.54) is 24.3 Å². The molecule has 0 aliphatic rings. The minimum absolute atomic E-state index is 0.395. The monoisotopic (exact) mass is 408 g/mol. The predicted octanol–water partition coefficient (Wildman–Crippen LogP) is 3.78. The summed E-state index contributed by atoms with van der Waals surface area (Å²) in [5.41, 5.74) is -0.665. The minimum Gasteiger partial charge on any atom is -0.448 e. The number of benzene rings is 1.